The Bertz CT molecular complexity index is 1140. The standard InChI is InChI=1S/C22H21N3O3/c1-13-11-15-7-3-6-10-19(15)25(13)22(28)14(2)23-21(27)17-12-20(26)24-18-9-5-4-8-16(17)18/h3-10,12-14H,11H2,1-2H3,(H,23,27)(H,24,26). The zero-order valence-corrected chi connectivity index (χ0v) is 15.7. The third-order valence-electron chi connectivity index (χ3n) is 5.16. The second kappa shape index (κ2) is 6.96. The lowest BCUT2D eigenvalue weighted by Crippen LogP contribution is -2.49. The number of hydrogen-bond acceptors (Lipinski definition) is 3. The SMILES string of the molecule is CC(NC(=O)c1cc(=O)[nH]c2ccccc12)C(=O)N1c2ccccc2CC1C. The maximum Gasteiger partial charge on any atom is 0.252 e. The number of nitrogens with one attached hydrogen (secondary N) is 2. The van der Waals surface area contributed by atoms with E-state index < -0.39 is 11.9 Å². The van der Waals surface area contributed by atoms with Gasteiger partial charge in [0.05, 0.1) is 5.56 Å². The second-order valence-corrected chi connectivity index (χ2v) is 7.18. The zero-order valence-electron chi connectivity index (χ0n) is 15.7. The van der Waals surface area contributed by atoms with Crippen molar-refractivity contribution in [1.29, 1.82) is 0 Å². The zero-order chi connectivity index (χ0) is 19.8. The summed E-state index contributed by atoms with van der Waals surface area (Å²) in [5.74, 6) is -0.608. The molecule has 4 rings (SSSR count). The molecule has 1 aliphatic heterocycles. The van der Waals surface area contributed by atoms with Gasteiger partial charge in [0, 0.05) is 28.7 Å². The number of pyridine rings is 1. The molecule has 2 aromatic carbocycles. The maximum absolute atomic E-state index is 13.1. The number of rotatable bonds is 3. The number of aromatic amines is 1. The van der Waals surface area contributed by atoms with Gasteiger partial charge in [-0.25, -0.2) is 0 Å². The molecular weight excluding hydrogens is 354 g/mol. The lowest BCUT2D eigenvalue weighted by atomic mass is 10.1. The predicted octanol–water partition coefficient (Wildman–Crippen LogP) is 2.62. The van der Waals surface area contributed by atoms with Crippen LogP contribution in [0.3, 0.4) is 0 Å². The number of hydrogen-bond donors (Lipinski definition) is 2. The predicted molar refractivity (Wildman–Crippen MR) is 109 cm³/mol. The molecule has 2 heterocycles. The van der Waals surface area contributed by atoms with Crippen LogP contribution in [-0.4, -0.2) is 28.9 Å². The fourth-order valence-electron chi connectivity index (χ4n) is 3.84. The minimum atomic E-state index is -0.723. The van der Waals surface area contributed by atoms with Gasteiger partial charge in [-0.3, -0.25) is 14.4 Å². The molecule has 0 bridgehead atoms. The van der Waals surface area contributed by atoms with E-state index in [1.54, 1.807) is 36.1 Å². The molecule has 0 aliphatic carbocycles. The minimum Gasteiger partial charge on any atom is -0.340 e. The largest absolute Gasteiger partial charge is 0.340 e. The Balaban J connectivity index is 1.59. The summed E-state index contributed by atoms with van der Waals surface area (Å²) in [5.41, 5.74) is 2.50. The third-order valence-corrected chi connectivity index (χ3v) is 5.16. The molecule has 1 aliphatic rings. The Hall–Kier alpha value is -3.41. The van der Waals surface area contributed by atoms with Crippen LogP contribution < -0.4 is 15.8 Å². The van der Waals surface area contributed by atoms with Gasteiger partial charge in [-0.05, 0) is 38.0 Å². The van der Waals surface area contributed by atoms with Crippen LogP contribution in [0.15, 0.2) is 59.4 Å². The third kappa shape index (κ3) is 3.07. The van der Waals surface area contributed by atoms with Crippen molar-refractivity contribution in [3.63, 3.8) is 0 Å². The van der Waals surface area contributed by atoms with Gasteiger partial charge in [0.15, 0.2) is 0 Å². The van der Waals surface area contributed by atoms with Crippen LogP contribution in [0.5, 0.6) is 0 Å². The lowest BCUT2D eigenvalue weighted by Gasteiger charge is -2.26. The molecule has 6 nitrogen and oxygen atoms in total. The van der Waals surface area contributed by atoms with Gasteiger partial charge in [-0.15, -0.1) is 0 Å². The molecule has 2 amide bonds. The van der Waals surface area contributed by atoms with Gasteiger partial charge < -0.3 is 15.2 Å². The van der Waals surface area contributed by atoms with E-state index in [1.165, 1.54) is 6.07 Å². The van der Waals surface area contributed by atoms with Crippen LogP contribution in [0.25, 0.3) is 10.9 Å². The highest BCUT2D eigenvalue weighted by atomic mass is 16.2. The fourth-order valence-corrected chi connectivity index (χ4v) is 3.84. The van der Waals surface area contributed by atoms with E-state index in [0.29, 0.717) is 10.9 Å². The topological polar surface area (TPSA) is 82.3 Å². The van der Waals surface area contributed by atoms with Crippen molar-refractivity contribution in [2.45, 2.75) is 32.4 Å². The first-order chi connectivity index (χ1) is 13.5. The van der Waals surface area contributed by atoms with Crippen molar-refractivity contribution in [3.8, 4) is 0 Å². The van der Waals surface area contributed by atoms with E-state index in [-0.39, 0.29) is 23.1 Å². The van der Waals surface area contributed by atoms with Crippen LogP contribution in [0.2, 0.25) is 0 Å². The summed E-state index contributed by atoms with van der Waals surface area (Å²) in [6, 6.07) is 15.5. The molecule has 0 radical (unpaired) electrons. The number of benzene rings is 2. The lowest BCUT2D eigenvalue weighted by molar-refractivity contribution is -0.120. The van der Waals surface area contributed by atoms with Gasteiger partial charge in [-0.2, -0.15) is 0 Å². The van der Waals surface area contributed by atoms with Crippen LogP contribution in [0.4, 0.5) is 5.69 Å². The van der Waals surface area contributed by atoms with Crippen molar-refractivity contribution in [3.05, 3.63) is 76.1 Å². The Morgan fingerprint density at radius 2 is 1.86 bits per heavy atom. The van der Waals surface area contributed by atoms with Crippen LogP contribution in [-0.2, 0) is 11.2 Å². The molecule has 2 unspecified atom stereocenters. The van der Waals surface area contributed by atoms with E-state index in [9.17, 15) is 14.4 Å². The monoisotopic (exact) mass is 375 g/mol. The summed E-state index contributed by atoms with van der Waals surface area (Å²) in [6.45, 7) is 3.67. The Morgan fingerprint density at radius 1 is 1.14 bits per heavy atom. The number of H-pyrrole nitrogens is 1. The van der Waals surface area contributed by atoms with E-state index in [4.69, 9.17) is 0 Å². The number of aromatic nitrogens is 1. The molecule has 0 saturated carbocycles. The number of carbonyl (C=O) groups is 2. The number of para-hydroxylation sites is 2. The average Bonchev–Trinajstić information content (AvgIpc) is 3.02. The summed E-state index contributed by atoms with van der Waals surface area (Å²) in [4.78, 5) is 42.3. The van der Waals surface area contributed by atoms with Crippen LogP contribution >= 0.6 is 0 Å². The number of amides is 2. The summed E-state index contributed by atoms with van der Waals surface area (Å²) in [6.07, 6.45) is 0.793. The quantitative estimate of drug-likeness (QED) is 0.738. The molecule has 0 fully saturated rings. The summed E-state index contributed by atoms with van der Waals surface area (Å²) in [5, 5.41) is 3.40. The van der Waals surface area contributed by atoms with Gasteiger partial charge >= 0.3 is 0 Å². The maximum atomic E-state index is 13.1. The first-order valence-corrected chi connectivity index (χ1v) is 9.29. The molecule has 28 heavy (non-hydrogen) atoms. The van der Waals surface area contributed by atoms with Gasteiger partial charge in [-0.1, -0.05) is 36.4 Å². The Labute approximate surface area is 162 Å². The molecule has 0 saturated heterocycles. The minimum absolute atomic E-state index is 0.0321. The first-order valence-electron chi connectivity index (χ1n) is 9.29. The summed E-state index contributed by atoms with van der Waals surface area (Å²) >= 11 is 0. The van der Waals surface area contributed by atoms with Gasteiger partial charge in [0.25, 0.3) is 5.91 Å². The second-order valence-electron chi connectivity index (χ2n) is 7.18. The van der Waals surface area contributed by atoms with E-state index in [0.717, 1.165) is 17.7 Å². The first kappa shape index (κ1) is 18.0. The highest BCUT2D eigenvalue weighted by Crippen LogP contribution is 2.32. The smallest absolute Gasteiger partial charge is 0.252 e. The van der Waals surface area contributed by atoms with Crippen molar-refractivity contribution in [2.75, 3.05) is 4.90 Å². The number of anilines is 1. The average molecular weight is 375 g/mol. The molecule has 6 heteroatoms. The van der Waals surface area contributed by atoms with E-state index in [2.05, 4.69) is 10.3 Å². The fraction of sp³-hybridized carbons (Fsp3) is 0.227. The van der Waals surface area contributed by atoms with Gasteiger partial charge in [0.1, 0.15) is 6.04 Å². The number of fused-ring (bicyclic) bond motifs is 2. The Morgan fingerprint density at radius 3 is 2.68 bits per heavy atom. The number of carbonyl (C=O) groups excluding carboxylic acids is 2. The molecule has 1 aromatic heterocycles. The van der Waals surface area contributed by atoms with E-state index in [1.807, 2.05) is 31.2 Å². The number of nitrogens with zero attached hydrogens (tertiary/aromatic N) is 1. The summed E-state index contributed by atoms with van der Waals surface area (Å²) < 4.78 is 0. The molecular formula is C22H21N3O3. The van der Waals surface area contributed by atoms with Gasteiger partial charge in [0.2, 0.25) is 11.5 Å². The highest BCUT2D eigenvalue weighted by Gasteiger charge is 2.33. The molecule has 2 N–H and O–H groups in total. The normalized spacial score (nSPS) is 16.6. The highest BCUT2D eigenvalue weighted by molar-refractivity contribution is 6.08. The summed E-state index contributed by atoms with van der Waals surface area (Å²) in [7, 11) is 0. The Kier molecular flexibility index (Phi) is 4.47. The van der Waals surface area contributed by atoms with Crippen molar-refractivity contribution in [2.24, 2.45) is 0 Å². The molecule has 0 spiro atoms. The van der Waals surface area contributed by atoms with Crippen molar-refractivity contribution in [1.82, 2.24) is 10.3 Å². The van der Waals surface area contributed by atoms with Crippen LogP contribution in [0, 0.1) is 0 Å². The van der Waals surface area contributed by atoms with Crippen LogP contribution in [0.1, 0.15) is 29.8 Å². The van der Waals surface area contributed by atoms with Crippen molar-refractivity contribution >= 4 is 28.4 Å². The molecule has 3 aromatic rings. The molecule has 2 atom stereocenters. The van der Waals surface area contributed by atoms with Crippen molar-refractivity contribution < 1.29 is 9.59 Å². The van der Waals surface area contributed by atoms with E-state index >= 15 is 0 Å². The molecule has 142 valence electrons.